The predicted octanol–water partition coefficient (Wildman–Crippen LogP) is 4.48. The van der Waals surface area contributed by atoms with Crippen molar-refractivity contribution in [3.8, 4) is 11.3 Å². The first-order chi connectivity index (χ1) is 23.7. The monoisotopic (exact) mass is 695 g/mol. The molecule has 4 aromatic heterocycles. The van der Waals surface area contributed by atoms with Crippen LogP contribution in [-0.4, -0.2) is 107 Å². The van der Waals surface area contributed by atoms with Crippen LogP contribution in [0.25, 0.3) is 27.8 Å². The zero-order valence-corrected chi connectivity index (χ0v) is 27.0. The zero-order valence-electron chi connectivity index (χ0n) is 26.3. The molecule has 16 heteroatoms. The van der Waals surface area contributed by atoms with E-state index in [0.29, 0.717) is 24.3 Å². The molecule has 0 unspecified atom stereocenters. The molecule has 0 spiro atoms. The van der Waals surface area contributed by atoms with E-state index in [1.54, 1.807) is 0 Å². The van der Waals surface area contributed by atoms with Gasteiger partial charge in [0.2, 0.25) is 0 Å². The molecule has 3 aliphatic heterocycles. The van der Waals surface area contributed by atoms with Crippen molar-refractivity contribution in [2.75, 3.05) is 80.3 Å². The van der Waals surface area contributed by atoms with E-state index in [1.807, 2.05) is 28.9 Å². The molecule has 1 aromatic carbocycles. The molecule has 0 atom stereocenters. The number of nitrogens with zero attached hydrogens (tertiary/aromatic N) is 8. The lowest BCUT2D eigenvalue weighted by Crippen LogP contribution is -2.45. The van der Waals surface area contributed by atoms with Crippen LogP contribution in [0, 0.1) is 0 Å². The smallest absolute Gasteiger partial charge is 0.475 e. The molecule has 0 saturated carbocycles. The molecule has 256 valence electrons. The van der Waals surface area contributed by atoms with E-state index in [4.69, 9.17) is 46.2 Å². The number of pyridine rings is 2. The molecule has 3 fully saturated rings. The molecular formula is C33H33ClF3N9O3. The SMILES string of the molecule is Clc1c(N2CC(c3ccc4ccccc4n3)C2)nc2c(N3CCOCC3)ncc(-c3ccc(N4CCNCC4)nc3)n12.O=C(O)C(F)(F)F. The Morgan fingerprint density at radius 3 is 2.31 bits per heavy atom. The number of carbonyl (C=O) groups is 1. The summed E-state index contributed by atoms with van der Waals surface area (Å²) in [6.45, 7) is 8.34. The van der Waals surface area contributed by atoms with Crippen molar-refractivity contribution in [1.82, 2.24) is 29.7 Å². The van der Waals surface area contributed by atoms with E-state index in [9.17, 15) is 13.2 Å². The number of para-hydroxylation sites is 1. The third-order valence-electron chi connectivity index (χ3n) is 8.81. The fourth-order valence-corrected chi connectivity index (χ4v) is 6.50. The number of alkyl halides is 3. The molecule has 0 bridgehead atoms. The maximum atomic E-state index is 10.6. The number of aliphatic carboxylic acids is 1. The predicted molar refractivity (Wildman–Crippen MR) is 180 cm³/mol. The molecule has 8 rings (SSSR count). The van der Waals surface area contributed by atoms with E-state index in [2.05, 4.69) is 56.4 Å². The molecular weight excluding hydrogens is 663 g/mol. The number of hydrogen-bond acceptors (Lipinski definition) is 10. The van der Waals surface area contributed by atoms with Crippen molar-refractivity contribution >= 4 is 51.6 Å². The van der Waals surface area contributed by atoms with Gasteiger partial charge < -0.3 is 29.9 Å². The van der Waals surface area contributed by atoms with Crippen LogP contribution in [0.4, 0.5) is 30.6 Å². The summed E-state index contributed by atoms with van der Waals surface area (Å²) in [5, 5.41) is 12.3. The maximum Gasteiger partial charge on any atom is 0.490 e. The van der Waals surface area contributed by atoms with Crippen LogP contribution < -0.4 is 20.0 Å². The lowest BCUT2D eigenvalue weighted by molar-refractivity contribution is -0.192. The molecule has 0 radical (unpaired) electrons. The fourth-order valence-electron chi connectivity index (χ4n) is 6.17. The first-order valence-corrected chi connectivity index (χ1v) is 16.3. The van der Waals surface area contributed by atoms with Crippen LogP contribution in [0.15, 0.2) is 60.9 Å². The highest BCUT2D eigenvalue weighted by Gasteiger charge is 2.38. The van der Waals surface area contributed by atoms with E-state index >= 15 is 0 Å². The summed E-state index contributed by atoms with van der Waals surface area (Å²) in [4.78, 5) is 35.5. The van der Waals surface area contributed by atoms with Gasteiger partial charge in [0.05, 0.1) is 30.6 Å². The topological polar surface area (TPSA) is 124 Å². The minimum absolute atomic E-state index is 0.327. The Morgan fingerprint density at radius 1 is 0.878 bits per heavy atom. The second kappa shape index (κ2) is 13.6. The minimum atomic E-state index is -5.08. The third-order valence-corrected chi connectivity index (χ3v) is 9.15. The number of benzene rings is 1. The molecule has 7 heterocycles. The Kier molecular flexibility index (Phi) is 9.13. The van der Waals surface area contributed by atoms with Gasteiger partial charge in [-0.25, -0.2) is 19.7 Å². The molecule has 49 heavy (non-hydrogen) atoms. The van der Waals surface area contributed by atoms with Gasteiger partial charge in [-0.2, -0.15) is 13.2 Å². The molecule has 3 aliphatic rings. The van der Waals surface area contributed by atoms with Crippen molar-refractivity contribution in [3.63, 3.8) is 0 Å². The molecule has 2 N–H and O–H groups in total. The number of aromatic nitrogens is 5. The van der Waals surface area contributed by atoms with Crippen molar-refractivity contribution in [2.24, 2.45) is 0 Å². The number of halogens is 4. The van der Waals surface area contributed by atoms with Gasteiger partial charge in [-0.15, -0.1) is 0 Å². The molecule has 5 aromatic rings. The molecule has 12 nitrogen and oxygen atoms in total. The molecule has 0 amide bonds. The Hall–Kier alpha value is -4.73. The van der Waals surface area contributed by atoms with Gasteiger partial charge in [0.25, 0.3) is 0 Å². The van der Waals surface area contributed by atoms with Crippen LogP contribution in [0.1, 0.15) is 11.6 Å². The molecule has 0 aliphatic carbocycles. The van der Waals surface area contributed by atoms with E-state index in [1.165, 1.54) is 0 Å². The van der Waals surface area contributed by atoms with E-state index < -0.39 is 12.1 Å². The second-order valence-electron chi connectivity index (χ2n) is 11.9. The van der Waals surface area contributed by atoms with Crippen LogP contribution in [0.2, 0.25) is 5.15 Å². The quantitative estimate of drug-likeness (QED) is 0.271. The summed E-state index contributed by atoms with van der Waals surface area (Å²) in [7, 11) is 0. The van der Waals surface area contributed by atoms with Gasteiger partial charge in [-0.3, -0.25) is 9.38 Å². The zero-order chi connectivity index (χ0) is 34.1. The van der Waals surface area contributed by atoms with Crippen molar-refractivity contribution in [3.05, 3.63) is 71.8 Å². The van der Waals surface area contributed by atoms with Gasteiger partial charge in [0.1, 0.15) is 5.82 Å². The second-order valence-corrected chi connectivity index (χ2v) is 12.3. The summed E-state index contributed by atoms with van der Waals surface area (Å²) >= 11 is 7.19. The Balaban J connectivity index is 0.000000491. The summed E-state index contributed by atoms with van der Waals surface area (Å²) < 4.78 is 39.4. The number of carboxylic acids is 1. The van der Waals surface area contributed by atoms with Crippen molar-refractivity contribution in [1.29, 1.82) is 0 Å². The fraction of sp³-hybridized carbons (Fsp3) is 0.364. The average Bonchev–Trinajstić information content (AvgIpc) is 3.44. The van der Waals surface area contributed by atoms with E-state index in [-0.39, 0.29) is 0 Å². The first-order valence-electron chi connectivity index (χ1n) is 15.9. The maximum absolute atomic E-state index is 10.6. The number of carboxylic acid groups (broad SMARTS) is 1. The number of rotatable bonds is 5. The lowest BCUT2D eigenvalue weighted by Gasteiger charge is -2.39. The summed E-state index contributed by atoms with van der Waals surface area (Å²) in [6.07, 6.45) is -1.27. The number of anilines is 3. The highest BCUT2D eigenvalue weighted by Crippen LogP contribution is 2.39. The Labute approximate surface area is 284 Å². The van der Waals surface area contributed by atoms with Gasteiger partial charge in [-0.1, -0.05) is 35.9 Å². The van der Waals surface area contributed by atoms with Crippen LogP contribution >= 0.6 is 11.6 Å². The number of fused-ring (bicyclic) bond motifs is 2. The highest BCUT2D eigenvalue weighted by molar-refractivity contribution is 6.32. The number of hydrogen-bond donors (Lipinski definition) is 2. The van der Waals surface area contributed by atoms with Crippen LogP contribution in [0.3, 0.4) is 0 Å². The lowest BCUT2D eigenvalue weighted by atomic mass is 9.95. The Morgan fingerprint density at radius 2 is 1.61 bits per heavy atom. The average molecular weight is 696 g/mol. The normalized spacial score (nSPS) is 17.2. The number of imidazole rings is 1. The number of morpholine rings is 1. The summed E-state index contributed by atoms with van der Waals surface area (Å²) in [6, 6.07) is 16.8. The van der Waals surface area contributed by atoms with Gasteiger partial charge in [0, 0.05) is 81.1 Å². The van der Waals surface area contributed by atoms with Crippen LogP contribution in [-0.2, 0) is 9.53 Å². The van der Waals surface area contributed by atoms with Gasteiger partial charge in [0.15, 0.2) is 22.4 Å². The largest absolute Gasteiger partial charge is 0.490 e. The first kappa shape index (κ1) is 32.8. The van der Waals surface area contributed by atoms with E-state index in [0.717, 1.165) is 103 Å². The summed E-state index contributed by atoms with van der Waals surface area (Å²) in [5.74, 6) is 0.165. The van der Waals surface area contributed by atoms with Crippen molar-refractivity contribution in [2.45, 2.75) is 12.1 Å². The number of piperazine rings is 1. The van der Waals surface area contributed by atoms with Crippen molar-refractivity contribution < 1.29 is 27.8 Å². The van der Waals surface area contributed by atoms with Crippen LogP contribution in [0.5, 0.6) is 0 Å². The third kappa shape index (κ3) is 6.78. The highest BCUT2D eigenvalue weighted by atomic mass is 35.5. The number of nitrogens with one attached hydrogen (secondary N) is 1. The van der Waals surface area contributed by atoms with Gasteiger partial charge >= 0.3 is 12.1 Å². The number of ether oxygens (including phenoxy) is 1. The molecule has 3 saturated heterocycles. The summed E-state index contributed by atoms with van der Waals surface area (Å²) in [5.41, 5.74) is 4.72. The van der Waals surface area contributed by atoms with Gasteiger partial charge in [-0.05, 0) is 24.3 Å². The Bertz CT molecular complexity index is 1960. The minimum Gasteiger partial charge on any atom is -0.475 e. The standard InChI is InChI=1S/C31H32ClN9O.C2HF3O2/c32-28-29(40-19-23(20-40)25-7-5-21-3-1-2-4-24(21)36-25)37-31-30(39-13-15-42-16-14-39)35-18-26(41(28)31)22-6-8-27(34-17-22)38-11-9-33-10-12-38;3-2(4,5)1(6)7/h1-8,17-18,23,33H,9-16,19-20H2;(H,6,7).